The van der Waals surface area contributed by atoms with Gasteiger partial charge in [-0.15, -0.1) is 0 Å². The highest BCUT2D eigenvalue weighted by atomic mass is 16.5. The van der Waals surface area contributed by atoms with E-state index in [1.165, 1.54) is 16.5 Å². The number of ketones is 1. The second kappa shape index (κ2) is 8.82. The molecule has 0 fully saturated rings. The number of ether oxygens (including phenoxy) is 1. The number of carbonyl (C=O) groups is 2. The molecule has 0 saturated heterocycles. The van der Waals surface area contributed by atoms with E-state index in [4.69, 9.17) is 4.74 Å². The summed E-state index contributed by atoms with van der Waals surface area (Å²) in [5.74, 6) is -0.401. The number of aryl methyl sites for hydroxylation is 1. The fourth-order valence-electron chi connectivity index (χ4n) is 3.63. The molecule has 6 heteroatoms. The molecule has 1 aliphatic rings. The molecule has 0 bridgehead atoms. The summed E-state index contributed by atoms with van der Waals surface area (Å²) in [6, 6.07) is 12.5. The van der Waals surface area contributed by atoms with Gasteiger partial charge in [0, 0.05) is 12.1 Å². The molecule has 6 nitrogen and oxygen atoms in total. The van der Waals surface area contributed by atoms with Gasteiger partial charge in [-0.25, -0.2) is 0 Å². The minimum absolute atomic E-state index is 0.0143. The van der Waals surface area contributed by atoms with Crippen molar-refractivity contribution in [3.63, 3.8) is 0 Å². The first-order valence-corrected chi connectivity index (χ1v) is 9.66. The van der Waals surface area contributed by atoms with E-state index in [0.717, 1.165) is 19.3 Å². The number of hydrogen-bond acceptors (Lipinski definition) is 5. The van der Waals surface area contributed by atoms with Crippen LogP contribution in [0.4, 0.5) is 5.69 Å². The number of fused-ring (bicyclic) bond motifs is 1. The van der Waals surface area contributed by atoms with Crippen molar-refractivity contribution >= 4 is 17.9 Å². The average Bonchev–Trinajstić information content (AvgIpc) is 2.69. The van der Waals surface area contributed by atoms with E-state index in [1.807, 2.05) is 25.1 Å². The average molecular weight is 395 g/mol. The van der Waals surface area contributed by atoms with E-state index < -0.39 is 11.8 Å². The Morgan fingerprint density at radius 3 is 2.62 bits per heavy atom. The van der Waals surface area contributed by atoms with Gasteiger partial charge in [-0.3, -0.25) is 9.59 Å². The van der Waals surface area contributed by atoms with Crippen molar-refractivity contribution in [3.05, 3.63) is 65.4 Å². The van der Waals surface area contributed by atoms with Gasteiger partial charge in [0.15, 0.2) is 5.78 Å². The number of aromatic hydroxyl groups is 1. The number of rotatable bonds is 7. The Morgan fingerprint density at radius 1 is 1.24 bits per heavy atom. The third-order valence-corrected chi connectivity index (χ3v) is 5.21. The summed E-state index contributed by atoms with van der Waals surface area (Å²) in [6.45, 7) is 3.58. The minimum Gasteiger partial charge on any atom is -0.515 e. The molecule has 2 atom stereocenters. The predicted molar refractivity (Wildman–Crippen MR) is 111 cm³/mol. The van der Waals surface area contributed by atoms with Crippen LogP contribution >= 0.6 is 0 Å². The van der Waals surface area contributed by atoms with Crippen LogP contribution in [0, 0.1) is 0 Å². The summed E-state index contributed by atoms with van der Waals surface area (Å²) in [4.78, 5) is 25.5. The zero-order valence-electron chi connectivity index (χ0n) is 16.5. The van der Waals surface area contributed by atoms with Crippen LogP contribution in [0.3, 0.4) is 0 Å². The van der Waals surface area contributed by atoms with Gasteiger partial charge in [0.25, 0.3) is 0 Å². The molecule has 1 aliphatic heterocycles. The second-order valence-electron chi connectivity index (χ2n) is 7.25. The van der Waals surface area contributed by atoms with E-state index in [2.05, 4.69) is 12.1 Å². The van der Waals surface area contributed by atoms with Crippen molar-refractivity contribution in [2.24, 2.45) is 0 Å². The molecule has 29 heavy (non-hydrogen) atoms. The lowest BCUT2D eigenvalue weighted by molar-refractivity contribution is -0.107. The number of phenols is 1. The summed E-state index contributed by atoms with van der Waals surface area (Å²) in [6.07, 6.45) is 3.87. The number of aliphatic hydroxyl groups is 1. The molecular weight excluding hydrogens is 370 g/mol. The number of Topliss-reactive ketones (excluding diaryl/α,β-unsaturated/α-hetero) is 1. The second-order valence-corrected chi connectivity index (χ2v) is 7.25. The molecule has 2 aromatic rings. The van der Waals surface area contributed by atoms with E-state index in [0.29, 0.717) is 18.4 Å². The summed E-state index contributed by atoms with van der Waals surface area (Å²) >= 11 is 0. The highest BCUT2D eigenvalue weighted by Crippen LogP contribution is 2.41. The van der Waals surface area contributed by atoms with Crippen molar-refractivity contribution in [2.75, 3.05) is 4.90 Å². The fourth-order valence-corrected chi connectivity index (χ4v) is 3.63. The first-order valence-electron chi connectivity index (χ1n) is 9.66. The van der Waals surface area contributed by atoms with Crippen molar-refractivity contribution in [1.82, 2.24) is 0 Å². The topological polar surface area (TPSA) is 87.1 Å². The Bertz CT molecular complexity index is 922. The van der Waals surface area contributed by atoms with Gasteiger partial charge in [-0.2, -0.15) is 0 Å². The number of amides is 1. The van der Waals surface area contributed by atoms with E-state index in [9.17, 15) is 19.8 Å². The maximum absolute atomic E-state index is 12.6. The molecule has 0 aromatic heterocycles. The molecule has 3 rings (SSSR count). The van der Waals surface area contributed by atoms with Crippen molar-refractivity contribution in [1.29, 1.82) is 0 Å². The number of carbonyl (C=O) groups excluding carboxylic acids is 2. The first kappa shape index (κ1) is 20.5. The van der Waals surface area contributed by atoms with Gasteiger partial charge < -0.3 is 19.8 Å². The third kappa shape index (κ3) is 4.26. The van der Waals surface area contributed by atoms with Crippen LogP contribution in [0.1, 0.15) is 42.6 Å². The third-order valence-electron chi connectivity index (χ3n) is 5.21. The van der Waals surface area contributed by atoms with Gasteiger partial charge in [0.2, 0.25) is 6.41 Å². The zero-order chi connectivity index (χ0) is 21.0. The van der Waals surface area contributed by atoms with Gasteiger partial charge >= 0.3 is 0 Å². The number of benzene rings is 2. The number of nitrogens with zero attached hydrogens (tertiary/aromatic N) is 1. The number of anilines is 1. The van der Waals surface area contributed by atoms with Gasteiger partial charge in [0.05, 0.1) is 35.2 Å². The van der Waals surface area contributed by atoms with Gasteiger partial charge in [0.1, 0.15) is 11.5 Å². The lowest BCUT2D eigenvalue weighted by Crippen LogP contribution is -2.40. The lowest BCUT2D eigenvalue weighted by Gasteiger charge is -2.33. The van der Waals surface area contributed by atoms with Gasteiger partial charge in [-0.05, 0) is 38.7 Å². The molecule has 0 saturated carbocycles. The molecule has 1 heterocycles. The molecule has 152 valence electrons. The summed E-state index contributed by atoms with van der Waals surface area (Å²) < 4.78 is 5.94. The summed E-state index contributed by atoms with van der Waals surface area (Å²) in [7, 11) is 0. The summed E-state index contributed by atoms with van der Waals surface area (Å²) in [5.41, 5.74) is 1.57. The predicted octanol–water partition coefficient (Wildman–Crippen LogP) is 4.17. The molecule has 2 unspecified atom stereocenters. The molecule has 0 aliphatic carbocycles. The smallest absolute Gasteiger partial charge is 0.214 e. The van der Waals surface area contributed by atoms with Crippen LogP contribution in [0.2, 0.25) is 0 Å². The monoisotopic (exact) mass is 395 g/mol. The van der Waals surface area contributed by atoms with Crippen molar-refractivity contribution in [3.8, 4) is 11.5 Å². The summed E-state index contributed by atoms with van der Waals surface area (Å²) in [5, 5.41) is 19.8. The van der Waals surface area contributed by atoms with E-state index in [1.54, 1.807) is 13.0 Å². The van der Waals surface area contributed by atoms with Crippen LogP contribution in [0.5, 0.6) is 11.5 Å². The van der Waals surface area contributed by atoms with Gasteiger partial charge in [-0.1, -0.05) is 30.3 Å². The maximum atomic E-state index is 12.6. The fraction of sp³-hybridized carbons (Fsp3) is 0.304. The molecule has 0 spiro atoms. The molecule has 0 radical (unpaired) electrons. The standard InChI is InChI=1S/C23H25NO5/c1-15(7-6-10-17-8-4-3-5-9-17)29-18-11-20-22(21(27)12-18)23(28)19(13-25)16(2)24(20)14-26/h3-5,8-9,11-16,25,27H,6-7,10H2,1-2H3. The van der Waals surface area contributed by atoms with E-state index >= 15 is 0 Å². The van der Waals surface area contributed by atoms with Crippen LogP contribution in [-0.4, -0.2) is 34.6 Å². The Morgan fingerprint density at radius 2 is 1.97 bits per heavy atom. The zero-order valence-corrected chi connectivity index (χ0v) is 16.5. The van der Waals surface area contributed by atoms with Crippen molar-refractivity contribution in [2.45, 2.75) is 45.3 Å². The molecule has 2 N–H and O–H groups in total. The van der Waals surface area contributed by atoms with Crippen LogP contribution < -0.4 is 9.64 Å². The Balaban J connectivity index is 1.75. The number of phenolic OH excluding ortho intramolecular Hbond substituents is 1. The molecule has 1 amide bonds. The highest BCUT2D eigenvalue weighted by Gasteiger charge is 2.36. The Labute approximate surface area is 170 Å². The number of hydrogen-bond donors (Lipinski definition) is 2. The normalized spacial score (nSPS) is 18.4. The minimum atomic E-state index is -0.643. The first-order chi connectivity index (χ1) is 14.0. The SMILES string of the molecule is CC(CCCc1ccccc1)Oc1cc(O)c2c(c1)N(C=O)C(C)C(=CO)C2=O. The largest absolute Gasteiger partial charge is 0.515 e. The van der Waals surface area contributed by atoms with Crippen LogP contribution in [0.15, 0.2) is 54.3 Å². The molecule has 2 aromatic carbocycles. The lowest BCUT2D eigenvalue weighted by atomic mass is 9.90. The maximum Gasteiger partial charge on any atom is 0.214 e. The van der Waals surface area contributed by atoms with Crippen LogP contribution in [0.25, 0.3) is 0 Å². The number of aliphatic hydroxyl groups excluding tert-OH is 1. The Kier molecular flexibility index (Phi) is 6.22. The van der Waals surface area contributed by atoms with Crippen molar-refractivity contribution < 1.29 is 24.5 Å². The Hall–Kier alpha value is -3.28. The highest BCUT2D eigenvalue weighted by molar-refractivity contribution is 6.18. The van der Waals surface area contributed by atoms with E-state index in [-0.39, 0.29) is 28.7 Å². The molecular formula is C23H25NO5. The van der Waals surface area contributed by atoms with Crippen LogP contribution in [-0.2, 0) is 11.2 Å². The quantitative estimate of drug-likeness (QED) is 0.417.